The first-order valence-electron chi connectivity index (χ1n) is 5.82. The minimum absolute atomic E-state index is 0.151. The van der Waals surface area contributed by atoms with Crippen molar-refractivity contribution in [3.63, 3.8) is 0 Å². The molecule has 0 aliphatic carbocycles. The molecular formula is C15H10ClFN2O. The fourth-order valence-corrected chi connectivity index (χ4v) is 1.88. The van der Waals surface area contributed by atoms with Crippen LogP contribution in [0.25, 0.3) is 0 Å². The molecule has 0 heterocycles. The van der Waals surface area contributed by atoms with Crippen molar-refractivity contribution in [2.24, 2.45) is 0 Å². The van der Waals surface area contributed by atoms with Crippen LogP contribution >= 0.6 is 11.6 Å². The fourth-order valence-electron chi connectivity index (χ4n) is 1.67. The van der Waals surface area contributed by atoms with Crippen LogP contribution in [0, 0.1) is 17.1 Å². The van der Waals surface area contributed by atoms with Crippen LogP contribution in [-0.2, 0) is 11.2 Å². The first-order valence-corrected chi connectivity index (χ1v) is 6.20. The van der Waals surface area contributed by atoms with Gasteiger partial charge in [0.1, 0.15) is 5.82 Å². The molecule has 0 unspecified atom stereocenters. The molecule has 3 nitrogen and oxygen atoms in total. The van der Waals surface area contributed by atoms with Crippen LogP contribution in [0.3, 0.4) is 0 Å². The second kappa shape index (κ2) is 6.18. The number of nitrogens with one attached hydrogen (secondary N) is 1. The van der Waals surface area contributed by atoms with Gasteiger partial charge >= 0.3 is 0 Å². The Morgan fingerprint density at radius 1 is 1.25 bits per heavy atom. The topological polar surface area (TPSA) is 52.9 Å². The Kier molecular flexibility index (Phi) is 4.34. The molecule has 0 aliphatic rings. The average Bonchev–Trinajstić information content (AvgIpc) is 2.43. The van der Waals surface area contributed by atoms with Gasteiger partial charge in [-0.2, -0.15) is 5.26 Å². The highest BCUT2D eigenvalue weighted by atomic mass is 35.5. The van der Waals surface area contributed by atoms with Gasteiger partial charge in [0, 0.05) is 0 Å². The minimum atomic E-state index is -0.458. The highest BCUT2D eigenvalue weighted by Gasteiger charge is 2.07. The lowest BCUT2D eigenvalue weighted by atomic mass is 10.1. The number of benzene rings is 2. The van der Waals surface area contributed by atoms with Gasteiger partial charge in [0.2, 0.25) is 5.91 Å². The maximum atomic E-state index is 12.9. The van der Waals surface area contributed by atoms with Gasteiger partial charge in [-0.1, -0.05) is 23.7 Å². The summed E-state index contributed by atoms with van der Waals surface area (Å²) in [5, 5.41) is 11.4. The van der Waals surface area contributed by atoms with Crippen molar-refractivity contribution in [2.75, 3.05) is 5.32 Å². The van der Waals surface area contributed by atoms with E-state index in [0.29, 0.717) is 11.3 Å². The Bertz CT molecular complexity index is 677. The van der Waals surface area contributed by atoms with Gasteiger partial charge in [-0.3, -0.25) is 4.79 Å². The highest BCUT2D eigenvalue weighted by molar-refractivity contribution is 6.33. The summed E-state index contributed by atoms with van der Waals surface area (Å²) >= 11 is 5.83. The van der Waals surface area contributed by atoms with Crippen LogP contribution in [-0.4, -0.2) is 5.91 Å². The van der Waals surface area contributed by atoms with Gasteiger partial charge in [-0.05, 0) is 35.9 Å². The average molecular weight is 289 g/mol. The van der Waals surface area contributed by atoms with Crippen molar-refractivity contribution in [3.05, 3.63) is 64.4 Å². The Labute approximate surface area is 120 Å². The molecule has 0 atom stereocenters. The Morgan fingerprint density at radius 3 is 2.55 bits per heavy atom. The summed E-state index contributed by atoms with van der Waals surface area (Å²) in [6.07, 6.45) is 0.152. The fraction of sp³-hybridized carbons (Fsp3) is 0.0667. The van der Waals surface area contributed by atoms with Crippen molar-refractivity contribution in [1.82, 2.24) is 0 Å². The number of rotatable bonds is 3. The second-order valence-electron chi connectivity index (χ2n) is 4.16. The van der Waals surface area contributed by atoms with Gasteiger partial charge < -0.3 is 5.32 Å². The third kappa shape index (κ3) is 3.56. The molecule has 20 heavy (non-hydrogen) atoms. The Balaban J connectivity index is 2.03. The summed E-state index contributed by atoms with van der Waals surface area (Å²) in [7, 11) is 0. The number of hydrogen-bond acceptors (Lipinski definition) is 2. The zero-order valence-corrected chi connectivity index (χ0v) is 11.1. The van der Waals surface area contributed by atoms with Gasteiger partial charge in [0.15, 0.2) is 0 Å². The molecule has 0 saturated carbocycles. The number of carbonyl (C=O) groups is 1. The lowest BCUT2D eigenvalue weighted by Gasteiger charge is -2.07. The van der Waals surface area contributed by atoms with Gasteiger partial charge in [-0.25, -0.2) is 4.39 Å². The Morgan fingerprint density at radius 2 is 1.95 bits per heavy atom. The van der Waals surface area contributed by atoms with Crippen molar-refractivity contribution in [3.8, 4) is 6.07 Å². The van der Waals surface area contributed by atoms with E-state index in [1.165, 1.54) is 12.1 Å². The SMILES string of the molecule is N#Cc1ccc(CC(=O)Nc2ccc(F)cc2Cl)cc1. The van der Waals surface area contributed by atoms with Gasteiger partial charge in [-0.15, -0.1) is 0 Å². The molecule has 0 spiro atoms. The van der Waals surface area contributed by atoms with E-state index in [1.54, 1.807) is 24.3 Å². The van der Waals surface area contributed by atoms with Crippen LogP contribution in [0.4, 0.5) is 10.1 Å². The van der Waals surface area contributed by atoms with Crippen molar-refractivity contribution in [2.45, 2.75) is 6.42 Å². The molecular weight excluding hydrogens is 279 g/mol. The van der Waals surface area contributed by atoms with E-state index >= 15 is 0 Å². The van der Waals surface area contributed by atoms with Crippen LogP contribution < -0.4 is 5.32 Å². The lowest BCUT2D eigenvalue weighted by molar-refractivity contribution is -0.115. The summed E-state index contributed by atoms with van der Waals surface area (Å²) in [6, 6.07) is 12.5. The van der Waals surface area contributed by atoms with Gasteiger partial charge in [0.05, 0.1) is 28.8 Å². The van der Waals surface area contributed by atoms with E-state index in [-0.39, 0.29) is 17.4 Å². The molecule has 1 N–H and O–H groups in total. The first-order chi connectivity index (χ1) is 9.58. The van der Waals surface area contributed by atoms with E-state index in [4.69, 9.17) is 16.9 Å². The second-order valence-corrected chi connectivity index (χ2v) is 4.57. The maximum Gasteiger partial charge on any atom is 0.228 e. The van der Waals surface area contributed by atoms with Crippen LogP contribution in [0.5, 0.6) is 0 Å². The minimum Gasteiger partial charge on any atom is -0.324 e. The predicted molar refractivity (Wildman–Crippen MR) is 74.9 cm³/mol. The van der Waals surface area contributed by atoms with Crippen LogP contribution in [0.15, 0.2) is 42.5 Å². The quantitative estimate of drug-likeness (QED) is 0.939. The number of carbonyl (C=O) groups excluding carboxylic acids is 1. The zero-order chi connectivity index (χ0) is 14.5. The lowest BCUT2D eigenvalue weighted by Crippen LogP contribution is -2.14. The number of nitriles is 1. The molecule has 0 aliphatic heterocycles. The molecule has 2 aromatic rings. The van der Waals surface area contributed by atoms with Crippen molar-refractivity contribution < 1.29 is 9.18 Å². The molecule has 2 aromatic carbocycles. The Hall–Kier alpha value is -2.38. The summed E-state index contributed by atoms with van der Waals surface area (Å²) < 4.78 is 12.9. The first kappa shape index (κ1) is 14.0. The molecule has 0 radical (unpaired) electrons. The number of hydrogen-bond donors (Lipinski definition) is 1. The van der Waals surface area contributed by atoms with E-state index in [9.17, 15) is 9.18 Å². The molecule has 100 valence electrons. The monoisotopic (exact) mass is 288 g/mol. The van der Waals surface area contributed by atoms with Crippen molar-refractivity contribution >= 4 is 23.2 Å². The molecule has 1 amide bonds. The smallest absolute Gasteiger partial charge is 0.228 e. The number of amides is 1. The summed E-state index contributed by atoms with van der Waals surface area (Å²) in [5.41, 5.74) is 1.68. The normalized spacial score (nSPS) is 9.85. The van der Waals surface area contributed by atoms with Crippen LogP contribution in [0.2, 0.25) is 5.02 Å². The number of nitrogens with zero attached hydrogens (tertiary/aromatic N) is 1. The largest absolute Gasteiger partial charge is 0.324 e. The van der Waals surface area contributed by atoms with E-state index in [1.807, 2.05) is 6.07 Å². The van der Waals surface area contributed by atoms with Gasteiger partial charge in [0.25, 0.3) is 0 Å². The summed E-state index contributed by atoms with van der Waals surface area (Å²) in [4.78, 5) is 11.8. The van der Waals surface area contributed by atoms with E-state index in [0.717, 1.165) is 11.6 Å². The molecule has 0 aromatic heterocycles. The third-order valence-corrected chi connectivity index (χ3v) is 2.97. The van der Waals surface area contributed by atoms with Crippen molar-refractivity contribution in [1.29, 1.82) is 5.26 Å². The van der Waals surface area contributed by atoms with E-state index < -0.39 is 5.82 Å². The number of halogens is 2. The standard InChI is InChI=1S/C15H10ClFN2O/c16-13-8-12(17)5-6-14(13)19-15(20)7-10-1-3-11(9-18)4-2-10/h1-6,8H,7H2,(H,19,20). The van der Waals surface area contributed by atoms with E-state index in [2.05, 4.69) is 5.32 Å². The molecule has 5 heteroatoms. The highest BCUT2D eigenvalue weighted by Crippen LogP contribution is 2.22. The summed E-state index contributed by atoms with van der Waals surface area (Å²) in [5.74, 6) is -0.719. The third-order valence-electron chi connectivity index (χ3n) is 2.65. The molecule has 0 fully saturated rings. The molecule has 0 bridgehead atoms. The summed E-state index contributed by atoms with van der Waals surface area (Å²) in [6.45, 7) is 0. The number of anilines is 1. The zero-order valence-electron chi connectivity index (χ0n) is 10.4. The maximum absolute atomic E-state index is 12.9. The molecule has 0 saturated heterocycles. The van der Waals surface area contributed by atoms with Crippen LogP contribution in [0.1, 0.15) is 11.1 Å². The predicted octanol–water partition coefficient (Wildman–Crippen LogP) is 3.53. The molecule has 2 rings (SSSR count).